The van der Waals surface area contributed by atoms with E-state index in [0.717, 1.165) is 23.6 Å². The molecule has 160 valence electrons. The number of ether oxygens (including phenoxy) is 1. The molecule has 0 bridgehead atoms. The minimum atomic E-state index is -0.0288. The van der Waals surface area contributed by atoms with Crippen molar-refractivity contribution in [3.8, 4) is 5.75 Å². The standard InChI is InChI=1S/C19H29N7O2.HI/c1-5-17-24-23-14-26(17)11-10-20-19(22-13-18(27)25(2)3)21-12-15-8-6-7-9-16(15)28-4;/h6-9,14H,5,10-13H2,1-4H3,(H2,20,21,22);1H. The van der Waals surface area contributed by atoms with Gasteiger partial charge in [0.15, 0.2) is 5.96 Å². The molecule has 29 heavy (non-hydrogen) atoms. The topological polar surface area (TPSA) is 96.7 Å². The monoisotopic (exact) mass is 515 g/mol. The average molecular weight is 515 g/mol. The number of hydrogen-bond acceptors (Lipinski definition) is 5. The number of halogens is 1. The molecular formula is C19H30IN7O2. The summed E-state index contributed by atoms with van der Waals surface area (Å²) in [5.41, 5.74) is 0.970. The van der Waals surface area contributed by atoms with Crippen molar-refractivity contribution in [2.75, 3.05) is 34.3 Å². The highest BCUT2D eigenvalue weighted by Gasteiger charge is 2.08. The number of nitrogens with one attached hydrogen (secondary N) is 2. The second kappa shape index (κ2) is 13.0. The molecule has 9 nitrogen and oxygen atoms in total. The van der Waals surface area contributed by atoms with Crippen LogP contribution in [0.1, 0.15) is 18.3 Å². The minimum absolute atomic E-state index is 0. The summed E-state index contributed by atoms with van der Waals surface area (Å²) in [5, 5.41) is 14.4. The van der Waals surface area contributed by atoms with Gasteiger partial charge < -0.3 is 24.8 Å². The molecule has 0 atom stereocenters. The molecule has 1 heterocycles. The number of guanidine groups is 1. The molecule has 0 spiro atoms. The van der Waals surface area contributed by atoms with E-state index < -0.39 is 0 Å². The van der Waals surface area contributed by atoms with Crippen molar-refractivity contribution in [3.63, 3.8) is 0 Å². The van der Waals surface area contributed by atoms with Crippen LogP contribution < -0.4 is 15.4 Å². The number of methoxy groups -OCH3 is 1. The first-order chi connectivity index (χ1) is 13.5. The maximum atomic E-state index is 11.9. The Morgan fingerprint density at radius 3 is 2.72 bits per heavy atom. The Balaban J connectivity index is 0.00000420. The van der Waals surface area contributed by atoms with Crippen LogP contribution in [-0.2, 0) is 24.3 Å². The molecule has 2 aromatic rings. The van der Waals surface area contributed by atoms with Crippen molar-refractivity contribution in [2.45, 2.75) is 26.4 Å². The third-order valence-corrected chi connectivity index (χ3v) is 4.16. The quantitative estimate of drug-likeness (QED) is 0.297. The number of rotatable bonds is 9. The first kappa shape index (κ1) is 24.7. The normalized spacial score (nSPS) is 10.8. The number of aryl methyl sites for hydroxylation is 1. The third kappa shape index (κ3) is 7.87. The van der Waals surface area contributed by atoms with Gasteiger partial charge in [-0.25, -0.2) is 4.99 Å². The van der Waals surface area contributed by atoms with E-state index in [4.69, 9.17) is 4.74 Å². The van der Waals surface area contributed by atoms with Crippen molar-refractivity contribution in [1.29, 1.82) is 0 Å². The zero-order valence-corrected chi connectivity index (χ0v) is 19.7. The highest BCUT2D eigenvalue weighted by Crippen LogP contribution is 2.17. The zero-order chi connectivity index (χ0) is 20.4. The Hall–Kier alpha value is -2.37. The maximum absolute atomic E-state index is 11.9. The van der Waals surface area contributed by atoms with E-state index in [9.17, 15) is 4.79 Å². The molecule has 0 aliphatic carbocycles. The molecule has 0 saturated heterocycles. The smallest absolute Gasteiger partial charge is 0.241 e. The van der Waals surface area contributed by atoms with Crippen LogP contribution in [0, 0.1) is 0 Å². The van der Waals surface area contributed by atoms with Gasteiger partial charge in [-0.3, -0.25) is 4.79 Å². The largest absolute Gasteiger partial charge is 0.496 e. The number of aliphatic imine (C=N–C) groups is 1. The summed E-state index contributed by atoms with van der Waals surface area (Å²) in [7, 11) is 5.09. The van der Waals surface area contributed by atoms with Crippen molar-refractivity contribution in [2.24, 2.45) is 4.99 Å². The van der Waals surface area contributed by atoms with E-state index in [2.05, 4.69) is 25.8 Å². The second-order valence-corrected chi connectivity index (χ2v) is 6.34. The molecule has 0 aliphatic heterocycles. The van der Waals surface area contributed by atoms with Crippen LogP contribution in [0.4, 0.5) is 0 Å². The number of carbonyl (C=O) groups is 1. The third-order valence-electron chi connectivity index (χ3n) is 4.16. The highest BCUT2D eigenvalue weighted by atomic mass is 127. The van der Waals surface area contributed by atoms with Gasteiger partial charge in [-0.15, -0.1) is 34.2 Å². The fraction of sp³-hybridized carbons (Fsp3) is 0.474. The fourth-order valence-corrected chi connectivity index (χ4v) is 2.52. The molecular weight excluding hydrogens is 485 g/mol. The average Bonchev–Trinajstić information content (AvgIpc) is 3.16. The van der Waals surface area contributed by atoms with Crippen molar-refractivity contribution in [3.05, 3.63) is 42.0 Å². The Morgan fingerprint density at radius 2 is 2.03 bits per heavy atom. The van der Waals surface area contributed by atoms with Gasteiger partial charge in [0.2, 0.25) is 5.91 Å². The summed E-state index contributed by atoms with van der Waals surface area (Å²) < 4.78 is 7.37. The van der Waals surface area contributed by atoms with E-state index in [1.54, 1.807) is 27.5 Å². The second-order valence-electron chi connectivity index (χ2n) is 6.34. The van der Waals surface area contributed by atoms with E-state index in [1.807, 2.05) is 35.8 Å². The minimum Gasteiger partial charge on any atom is -0.496 e. The SMILES string of the molecule is CCc1nncn1CCNC(=NCc1ccccc1OC)NCC(=O)N(C)C.I. The number of likely N-dealkylation sites (N-methyl/N-ethyl adjacent to an activating group) is 1. The number of nitrogens with zero attached hydrogens (tertiary/aromatic N) is 5. The van der Waals surface area contributed by atoms with Gasteiger partial charge >= 0.3 is 0 Å². The molecule has 0 saturated carbocycles. The summed E-state index contributed by atoms with van der Waals surface area (Å²) in [6.07, 6.45) is 2.54. The molecule has 1 aromatic carbocycles. The van der Waals surface area contributed by atoms with Gasteiger partial charge in [-0.2, -0.15) is 0 Å². The summed E-state index contributed by atoms with van der Waals surface area (Å²) in [4.78, 5) is 18.0. The molecule has 2 rings (SSSR count). The lowest BCUT2D eigenvalue weighted by Crippen LogP contribution is -2.43. The summed E-state index contributed by atoms with van der Waals surface area (Å²) >= 11 is 0. The molecule has 1 amide bonds. The summed E-state index contributed by atoms with van der Waals surface area (Å²) in [6.45, 7) is 3.97. The Kier molecular flexibility index (Phi) is 11.0. The van der Waals surface area contributed by atoms with Gasteiger partial charge in [0.05, 0.1) is 20.2 Å². The van der Waals surface area contributed by atoms with Crippen LogP contribution in [0.3, 0.4) is 0 Å². The van der Waals surface area contributed by atoms with Crippen molar-refractivity contribution >= 4 is 35.8 Å². The molecule has 1 aromatic heterocycles. The summed E-state index contributed by atoms with van der Waals surface area (Å²) in [5.74, 6) is 2.25. The fourth-order valence-electron chi connectivity index (χ4n) is 2.52. The van der Waals surface area contributed by atoms with Crippen LogP contribution >= 0.6 is 24.0 Å². The lowest BCUT2D eigenvalue weighted by molar-refractivity contribution is -0.127. The van der Waals surface area contributed by atoms with Crippen molar-refractivity contribution in [1.82, 2.24) is 30.3 Å². The molecule has 0 unspecified atom stereocenters. The molecule has 0 aliphatic rings. The maximum Gasteiger partial charge on any atom is 0.241 e. The van der Waals surface area contributed by atoms with Crippen LogP contribution in [0.15, 0.2) is 35.6 Å². The van der Waals surface area contributed by atoms with E-state index in [-0.39, 0.29) is 36.4 Å². The lowest BCUT2D eigenvalue weighted by Gasteiger charge is -2.15. The van der Waals surface area contributed by atoms with Crippen LogP contribution in [0.25, 0.3) is 0 Å². The zero-order valence-electron chi connectivity index (χ0n) is 17.4. The van der Waals surface area contributed by atoms with Gasteiger partial charge in [0, 0.05) is 39.2 Å². The van der Waals surface area contributed by atoms with Gasteiger partial charge in [-0.05, 0) is 6.07 Å². The number of carbonyl (C=O) groups excluding carboxylic acids is 1. The van der Waals surface area contributed by atoms with Crippen LogP contribution in [-0.4, -0.2) is 65.8 Å². The molecule has 0 fully saturated rings. The number of hydrogen-bond donors (Lipinski definition) is 2. The van der Waals surface area contributed by atoms with E-state index in [1.165, 1.54) is 4.90 Å². The number of benzene rings is 1. The van der Waals surface area contributed by atoms with Gasteiger partial charge in [-0.1, -0.05) is 25.1 Å². The van der Waals surface area contributed by atoms with Crippen LogP contribution in [0.2, 0.25) is 0 Å². The Bertz CT molecular complexity index is 792. The van der Waals surface area contributed by atoms with E-state index in [0.29, 0.717) is 25.6 Å². The van der Waals surface area contributed by atoms with Gasteiger partial charge in [0.25, 0.3) is 0 Å². The lowest BCUT2D eigenvalue weighted by atomic mass is 10.2. The molecule has 2 N–H and O–H groups in total. The van der Waals surface area contributed by atoms with Gasteiger partial charge in [0.1, 0.15) is 17.9 Å². The molecule has 10 heteroatoms. The number of aromatic nitrogens is 3. The Labute approximate surface area is 189 Å². The van der Waals surface area contributed by atoms with Crippen molar-refractivity contribution < 1.29 is 9.53 Å². The first-order valence-electron chi connectivity index (χ1n) is 9.26. The number of para-hydroxylation sites is 1. The summed E-state index contributed by atoms with van der Waals surface area (Å²) in [6, 6.07) is 7.74. The van der Waals surface area contributed by atoms with Crippen LogP contribution in [0.5, 0.6) is 5.75 Å². The highest BCUT2D eigenvalue weighted by molar-refractivity contribution is 14.0. The predicted molar refractivity (Wildman–Crippen MR) is 124 cm³/mol. The van der Waals surface area contributed by atoms with E-state index >= 15 is 0 Å². The number of amides is 1. The predicted octanol–water partition coefficient (Wildman–Crippen LogP) is 1.29. The Morgan fingerprint density at radius 1 is 1.28 bits per heavy atom. The molecule has 0 radical (unpaired) electrons. The first-order valence-corrected chi connectivity index (χ1v) is 9.26.